The number of amides is 2. The largest absolute Gasteiger partial charge is 0.325 e. The van der Waals surface area contributed by atoms with Crippen molar-refractivity contribution >= 4 is 23.2 Å². The number of nitrogens with one attached hydrogen (secondary N) is 1. The molecule has 1 heterocycles. The zero-order valence-corrected chi connectivity index (χ0v) is 12.8. The van der Waals surface area contributed by atoms with Crippen LogP contribution < -0.4 is 16.0 Å². The molecule has 1 aromatic rings. The van der Waals surface area contributed by atoms with E-state index in [0.29, 0.717) is 6.54 Å². The highest BCUT2D eigenvalue weighted by atomic mass is 16.2. The van der Waals surface area contributed by atoms with E-state index in [1.165, 1.54) is 0 Å². The van der Waals surface area contributed by atoms with E-state index in [1.807, 2.05) is 32.0 Å². The SMILES string of the molecule is CCC(C)[C@H](N)C(=O)Nc1ccc2c(c1)CCN2C(C)=O. The molecule has 5 heteroatoms. The number of fused-ring (bicyclic) bond motifs is 1. The standard InChI is InChI=1S/C16H23N3O2/c1-4-10(2)15(17)16(21)18-13-5-6-14-12(9-13)7-8-19(14)11(3)20/h5-6,9-10,15H,4,7-8,17H2,1-3H3,(H,18,21)/t10?,15-/m0/s1. The lowest BCUT2D eigenvalue weighted by atomic mass is 9.99. The van der Waals surface area contributed by atoms with E-state index < -0.39 is 6.04 Å². The molecule has 1 aliphatic heterocycles. The fourth-order valence-corrected chi connectivity index (χ4v) is 2.54. The van der Waals surface area contributed by atoms with Gasteiger partial charge in [-0.3, -0.25) is 9.59 Å². The minimum Gasteiger partial charge on any atom is -0.325 e. The van der Waals surface area contributed by atoms with Gasteiger partial charge >= 0.3 is 0 Å². The van der Waals surface area contributed by atoms with Crippen molar-refractivity contribution in [1.29, 1.82) is 0 Å². The van der Waals surface area contributed by atoms with Gasteiger partial charge in [0, 0.05) is 24.8 Å². The van der Waals surface area contributed by atoms with Gasteiger partial charge < -0.3 is 16.0 Å². The zero-order chi connectivity index (χ0) is 15.6. The Hall–Kier alpha value is -1.88. The number of carbonyl (C=O) groups excluding carboxylic acids is 2. The number of anilines is 2. The van der Waals surface area contributed by atoms with Gasteiger partial charge in [0.2, 0.25) is 11.8 Å². The molecule has 114 valence electrons. The Kier molecular flexibility index (Phi) is 4.63. The Labute approximate surface area is 125 Å². The van der Waals surface area contributed by atoms with Crippen molar-refractivity contribution in [3.05, 3.63) is 23.8 Å². The summed E-state index contributed by atoms with van der Waals surface area (Å²) in [4.78, 5) is 25.3. The van der Waals surface area contributed by atoms with Crippen LogP contribution in [-0.2, 0) is 16.0 Å². The highest BCUT2D eigenvalue weighted by Crippen LogP contribution is 2.30. The smallest absolute Gasteiger partial charge is 0.241 e. The first-order chi connectivity index (χ1) is 9.93. The maximum Gasteiger partial charge on any atom is 0.241 e. The summed E-state index contributed by atoms with van der Waals surface area (Å²) in [6, 6.07) is 5.13. The number of hydrogen-bond acceptors (Lipinski definition) is 3. The number of nitrogens with two attached hydrogens (primary N) is 1. The zero-order valence-electron chi connectivity index (χ0n) is 12.8. The maximum absolute atomic E-state index is 12.1. The summed E-state index contributed by atoms with van der Waals surface area (Å²) >= 11 is 0. The fourth-order valence-electron chi connectivity index (χ4n) is 2.54. The molecule has 0 spiro atoms. The third-order valence-corrected chi connectivity index (χ3v) is 4.18. The molecule has 0 saturated carbocycles. The van der Waals surface area contributed by atoms with E-state index in [4.69, 9.17) is 5.73 Å². The van der Waals surface area contributed by atoms with Gasteiger partial charge in [0.05, 0.1) is 6.04 Å². The van der Waals surface area contributed by atoms with Gasteiger partial charge in [0.15, 0.2) is 0 Å². The fraction of sp³-hybridized carbons (Fsp3) is 0.500. The number of carbonyl (C=O) groups is 2. The summed E-state index contributed by atoms with van der Waals surface area (Å²) in [5.74, 6) is 0.0303. The van der Waals surface area contributed by atoms with Crippen LogP contribution in [0, 0.1) is 5.92 Å². The second-order valence-electron chi connectivity index (χ2n) is 5.66. The van der Waals surface area contributed by atoms with Crippen LogP contribution >= 0.6 is 0 Å². The summed E-state index contributed by atoms with van der Waals surface area (Å²) in [6.45, 7) is 6.26. The van der Waals surface area contributed by atoms with Gasteiger partial charge in [-0.05, 0) is 36.1 Å². The first-order valence-electron chi connectivity index (χ1n) is 7.41. The van der Waals surface area contributed by atoms with E-state index in [2.05, 4.69) is 5.32 Å². The van der Waals surface area contributed by atoms with Crippen molar-refractivity contribution in [3.63, 3.8) is 0 Å². The first kappa shape index (κ1) is 15.5. The minimum atomic E-state index is -0.503. The van der Waals surface area contributed by atoms with Crippen LogP contribution in [0.1, 0.15) is 32.8 Å². The lowest BCUT2D eigenvalue weighted by molar-refractivity contribution is -0.118. The molecule has 1 unspecified atom stereocenters. The molecule has 3 N–H and O–H groups in total. The van der Waals surface area contributed by atoms with Crippen LogP contribution in [0.5, 0.6) is 0 Å². The predicted octanol–water partition coefficient (Wildman–Crippen LogP) is 1.91. The van der Waals surface area contributed by atoms with E-state index in [-0.39, 0.29) is 17.7 Å². The third kappa shape index (κ3) is 3.24. The van der Waals surface area contributed by atoms with Crippen molar-refractivity contribution in [1.82, 2.24) is 0 Å². The summed E-state index contributed by atoms with van der Waals surface area (Å²) in [6.07, 6.45) is 1.68. The average Bonchev–Trinajstić information content (AvgIpc) is 2.88. The molecule has 2 atom stereocenters. The maximum atomic E-state index is 12.1. The van der Waals surface area contributed by atoms with Crippen LogP contribution in [0.2, 0.25) is 0 Å². The lowest BCUT2D eigenvalue weighted by Gasteiger charge is -2.18. The van der Waals surface area contributed by atoms with Gasteiger partial charge in [-0.25, -0.2) is 0 Å². The van der Waals surface area contributed by atoms with Crippen molar-refractivity contribution in [2.24, 2.45) is 11.7 Å². The monoisotopic (exact) mass is 289 g/mol. The molecule has 0 fully saturated rings. The molecule has 1 aliphatic rings. The van der Waals surface area contributed by atoms with E-state index in [9.17, 15) is 9.59 Å². The second kappa shape index (κ2) is 6.26. The molecule has 21 heavy (non-hydrogen) atoms. The molecular formula is C16H23N3O2. The minimum absolute atomic E-state index is 0.0457. The molecule has 0 aliphatic carbocycles. The lowest BCUT2D eigenvalue weighted by Crippen LogP contribution is -2.40. The number of rotatable bonds is 4. The quantitative estimate of drug-likeness (QED) is 0.889. The van der Waals surface area contributed by atoms with Crippen molar-refractivity contribution in [2.45, 2.75) is 39.7 Å². The van der Waals surface area contributed by atoms with Crippen LogP contribution in [0.3, 0.4) is 0 Å². The molecule has 0 aromatic heterocycles. The Morgan fingerprint density at radius 1 is 1.43 bits per heavy atom. The second-order valence-corrected chi connectivity index (χ2v) is 5.66. The molecule has 0 saturated heterocycles. The molecule has 2 amide bonds. The third-order valence-electron chi connectivity index (χ3n) is 4.18. The first-order valence-corrected chi connectivity index (χ1v) is 7.41. The van der Waals surface area contributed by atoms with Crippen LogP contribution in [0.4, 0.5) is 11.4 Å². The Balaban J connectivity index is 2.10. The van der Waals surface area contributed by atoms with Crippen LogP contribution in [-0.4, -0.2) is 24.4 Å². The van der Waals surface area contributed by atoms with Gasteiger partial charge in [0.25, 0.3) is 0 Å². The van der Waals surface area contributed by atoms with Gasteiger partial charge in [-0.2, -0.15) is 0 Å². The van der Waals surface area contributed by atoms with E-state index >= 15 is 0 Å². The van der Waals surface area contributed by atoms with Gasteiger partial charge in [0.1, 0.15) is 0 Å². The Morgan fingerprint density at radius 3 is 2.76 bits per heavy atom. The number of benzene rings is 1. The highest BCUT2D eigenvalue weighted by Gasteiger charge is 2.23. The topological polar surface area (TPSA) is 75.4 Å². The predicted molar refractivity (Wildman–Crippen MR) is 84.2 cm³/mol. The Morgan fingerprint density at radius 2 is 2.14 bits per heavy atom. The average molecular weight is 289 g/mol. The summed E-state index contributed by atoms with van der Waals surface area (Å²) in [5.41, 5.74) is 8.69. The molecular weight excluding hydrogens is 266 g/mol. The molecule has 2 rings (SSSR count). The summed E-state index contributed by atoms with van der Waals surface area (Å²) in [5, 5.41) is 2.86. The summed E-state index contributed by atoms with van der Waals surface area (Å²) in [7, 11) is 0. The molecule has 1 aromatic carbocycles. The van der Waals surface area contributed by atoms with Gasteiger partial charge in [-0.15, -0.1) is 0 Å². The van der Waals surface area contributed by atoms with Crippen molar-refractivity contribution < 1.29 is 9.59 Å². The molecule has 5 nitrogen and oxygen atoms in total. The van der Waals surface area contributed by atoms with Crippen LogP contribution in [0.15, 0.2) is 18.2 Å². The van der Waals surface area contributed by atoms with Crippen molar-refractivity contribution in [3.8, 4) is 0 Å². The summed E-state index contributed by atoms with van der Waals surface area (Å²) < 4.78 is 0. The Bertz CT molecular complexity index is 556. The number of hydrogen-bond donors (Lipinski definition) is 2. The highest BCUT2D eigenvalue weighted by molar-refractivity contribution is 5.97. The van der Waals surface area contributed by atoms with Gasteiger partial charge in [-0.1, -0.05) is 20.3 Å². The molecule has 0 bridgehead atoms. The van der Waals surface area contributed by atoms with Crippen molar-refractivity contribution in [2.75, 3.05) is 16.8 Å². The van der Waals surface area contributed by atoms with E-state index in [0.717, 1.165) is 29.8 Å². The molecule has 0 radical (unpaired) electrons. The number of nitrogens with zero attached hydrogens (tertiary/aromatic N) is 1. The van der Waals surface area contributed by atoms with Crippen LogP contribution in [0.25, 0.3) is 0 Å². The normalized spacial score (nSPS) is 16.3. The van der Waals surface area contributed by atoms with E-state index in [1.54, 1.807) is 11.8 Å².